The van der Waals surface area contributed by atoms with Crippen molar-refractivity contribution in [3.8, 4) is 0 Å². The van der Waals surface area contributed by atoms with Crippen LogP contribution in [0.15, 0.2) is 41.3 Å². The molecule has 0 amide bonds. The van der Waals surface area contributed by atoms with Crippen LogP contribution >= 0.6 is 11.6 Å². The number of hydrogen-bond acceptors (Lipinski definition) is 3. The quantitative estimate of drug-likeness (QED) is 0.896. The van der Waals surface area contributed by atoms with Gasteiger partial charge in [-0.25, -0.2) is 8.42 Å². The molecule has 0 aliphatic carbocycles. The van der Waals surface area contributed by atoms with Gasteiger partial charge in [0.05, 0.1) is 10.6 Å². The third-order valence-electron chi connectivity index (χ3n) is 3.74. The maximum atomic E-state index is 12.5. The van der Waals surface area contributed by atoms with Gasteiger partial charge in [0.1, 0.15) is 0 Å². The van der Waals surface area contributed by atoms with Crippen LogP contribution < -0.4 is 10.0 Å². The van der Waals surface area contributed by atoms with Crippen molar-refractivity contribution in [3.05, 3.63) is 52.5 Å². The SMILES string of the molecule is Cc1ccc(NS(=O)(=O)c2ccc3c(c2)CC(C)N3)cc1Cl. The molecule has 116 valence electrons. The van der Waals surface area contributed by atoms with Crippen LogP contribution in [0.3, 0.4) is 0 Å². The van der Waals surface area contributed by atoms with E-state index in [4.69, 9.17) is 11.6 Å². The van der Waals surface area contributed by atoms with Crippen molar-refractivity contribution >= 4 is 33.0 Å². The monoisotopic (exact) mass is 336 g/mol. The Bertz CT molecular complexity index is 834. The van der Waals surface area contributed by atoms with Gasteiger partial charge < -0.3 is 5.32 Å². The first-order chi connectivity index (χ1) is 10.3. The lowest BCUT2D eigenvalue weighted by Crippen LogP contribution is -2.13. The average Bonchev–Trinajstić information content (AvgIpc) is 2.81. The lowest BCUT2D eigenvalue weighted by molar-refractivity contribution is 0.601. The van der Waals surface area contributed by atoms with Crippen LogP contribution in [-0.2, 0) is 16.4 Å². The van der Waals surface area contributed by atoms with Gasteiger partial charge in [-0.1, -0.05) is 17.7 Å². The highest BCUT2D eigenvalue weighted by molar-refractivity contribution is 7.92. The van der Waals surface area contributed by atoms with Gasteiger partial charge in [-0.3, -0.25) is 4.72 Å². The number of fused-ring (bicyclic) bond motifs is 1. The number of benzene rings is 2. The average molecular weight is 337 g/mol. The maximum absolute atomic E-state index is 12.5. The molecule has 2 aromatic rings. The second-order valence-electron chi connectivity index (χ2n) is 5.64. The Balaban J connectivity index is 1.90. The Morgan fingerprint density at radius 3 is 2.73 bits per heavy atom. The molecular formula is C16H17ClN2O2S. The van der Waals surface area contributed by atoms with Gasteiger partial charge >= 0.3 is 0 Å². The number of anilines is 2. The van der Waals surface area contributed by atoms with Crippen LogP contribution in [0.4, 0.5) is 11.4 Å². The fourth-order valence-electron chi connectivity index (χ4n) is 2.56. The van der Waals surface area contributed by atoms with Crippen molar-refractivity contribution in [2.24, 2.45) is 0 Å². The third-order valence-corrected chi connectivity index (χ3v) is 5.53. The standard InChI is InChI=1S/C16H17ClN2O2S/c1-10-3-4-13(9-15(10)17)19-22(20,21)14-5-6-16-12(8-14)7-11(2)18-16/h3-6,8-9,11,18-19H,7H2,1-2H3. The van der Waals surface area contributed by atoms with E-state index < -0.39 is 10.0 Å². The lowest BCUT2D eigenvalue weighted by atomic mass is 10.1. The molecule has 0 radical (unpaired) electrons. The molecule has 0 spiro atoms. The molecule has 1 unspecified atom stereocenters. The van der Waals surface area contributed by atoms with Crippen molar-refractivity contribution < 1.29 is 8.42 Å². The van der Waals surface area contributed by atoms with Crippen LogP contribution in [0.2, 0.25) is 5.02 Å². The molecule has 6 heteroatoms. The first-order valence-electron chi connectivity index (χ1n) is 7.03. The second kappa shape index (κ2) is 5.48. The van der Waals surface area contributed by atoms with Crippen molar-refractivity contribution in [1.82, 2.24) is 0 Å². The van der Waals surface area contributed by atoms with Gasteiger partial charge in [-0.15, -0.1) is 0 Å². The van der Waals surface area contributed by atoms with Crippen molar-refractivity contribution in [3.63, 3.8) is 0 Å². The molecule has 2 N–H and O–H groups in total. The molecule has 0 aromatic heterocycles. The van der Waals surface area contributed by atoms with Crippen molar-refractivity contribution in [2.75, 3.05) is 10.0 Å². The van der Waals surface area contributed by atoms with Gasteiger partial charge in [0.25, 0.3) is 10.0 Å². The van der Waals surface area contributed by atoms with Gasteiger partial charge in [0.15, 0.2) is 0 Å². The zero-order valence-electron chi connectivity index (χ0n) is 12.4. The zero-order valence-corrected chi connectivity index (χ0v) is 13.9. The highest BCUT2D eigenvalue weighted by Crippen LogP contribution is 2.29. The fourth-order valence-corrected chi connectivity index (χ4v) is 3.84. The molecule has 3 rings (SSSR count). The van der Waals surface area contributed by atoms with E-state index in [-0.39, 0.29) is 4.90 Å². The topological polar surface area (TPSA) is 58.2 Å². The Labute approximate surface area is 135 Å². The van der Waals surface area contributed by atoms with Gasteiger partial charge in [-0.05, 0) is 61.7 Å². The van der Waals surface area contributed by atoms with E-state index in [0.29, 0.717) is 16.8 Å². The van der Waals surface area contributed by atoms with Crippen LogP contribution in [0.5, 0.6) is 0 Å². The minimum Gasteiger partial charge on any atom is -0.382 e. The van der Waals surface area contributed by atoms with E-state index in [1.807, 2.05) is 13.0 Å². The van der Waals surface area contributed by atoms with Gasteiger partial charge in [0, 0.05) is 16.8 Å². The Morgan fingerprint density at radius 1 is 1.23 bits per heavy atom. The zero-order chi connectivity index (χ0) is 15.9. The minimum absolute atomic E-state index is 0.263. The molecule has 0 bridgehead atoms. The van der Waals surface area contributed by atoms with Crippen LogP contribution in [0, 0.1) is 6.92 Å². The van der Waals surface area contributed by atoms with E-state index in [1.54, 1.807) is 30.3 Å². The summed E-state index contributed by atoms with van der Waals surface area (Å²) < 4.78 is 27.6. The summed E-state index contributed by atoms with van der Waals surface area (Å²) in [5, 5.41) is 3.84. The number of hydrogen-bond donors (Lipinski definition) is 2. The summed E-state index contributed by atoms with van der Waals surface area (Å²) in [6.45, 7) is 3.94. The first-order valence-corrected chi connectivity index (χ1v) is 8.90. The molecular weight excluding hydrogens is 320 g/mol. The lowest BCUT2D eigenvalue weighted by Gasteiger charge is -2.10. The van der Waals surface area contributed by atoms with Gasteiger partial charge in [-0.2, -0.15) is 0 Å². The highest BCUT2D eigenvalue weighted by Gasteiger charge is 2.21. The van der Waals surface area contributed by atoms with Crippen molar-refractivity contribution in [2.45, 2.75) is 31.2 Å². The van der Waals surface area contributed by atoms with E-state index in [1.165, 1.54) is 0 Å². The number of rotatable bonds is 3. The Kier molecular flexibility index (Phi) is 3.78. The number of halogens is 1. The number of nitrogens with one attached hydrogen (secondary N) is 2. The first kappa shape index (κ1) is 15.2. The molecule has 1 atom stereocenters. The predicted molar refractivity (Wildman–Crippen MR) is 90.2 cm³/mol. The number of aryl methyl sites for hydroxylation is 1. The van der Waals surface area contributed by atoms with Gasteiger partial charge in [0.2, 0.25) is 0 Å². The van der Waals surface area contributed by atoms with E-state index in [9.17, 15) is 8.42 Å². The van der Waals surface area contributed by atoms with Crippen LogP contribution in [-0.4, -0.2) is 14.5 Å². The molecule has 2 aromatic carbocycles. The molecule has 0 fully saturated rings. The van der Waals surface area contributed by atoms with Crippen LogP contribution in [0.1, 0.15) is 18.1 Å². The molecule has 1 heterocycles. The van der Waals surface area contributed by atoms with Crippen molar-refractivity contribution in [1.29, 1.82) is 0 Å². The summed E-state index contributed by atoms with van der Waals surface area (Å²) in [5.74, 6) is 0. The molecule has 0 saturated carbocycles. The molecule has 22 heavy (non-hydrogen) atoms. The number of sulfonamides is 1. The summed E-state index contributed by atoms with van der Waals surface area (Å²) in [5.41, 5.74) is 3.40. The van der Waals surface area contributed by atoms with E-state index in [2.05, 4.69) is 17.0 Å². The fraction of sp³-hybridized carbons (Fsp3) is 0.250. The minimum atomic E-state index is -3.62. The largest absolute Gasteiger partial charge is 0.382 e. The summed E-state index contributed by atoms with van der Waals surface area (Å²) in [7, 11) is -3.62. The Morgan fingerprint density at radius 2 is 2.00 bits per heavy atom. The molecule has 1 aliphatic heterocycles. The Hall–Kier alpha value is -1.72. The summed E-state index contributed by atoms with van der Waals surface area (Å²) in [6.07, 6.45) is 0.828. The molecule has 1 aliphatic rings. The second-order valence-corrected chi connectivity index (χ2v) is 7.73. The highest BCUT2D eigenvalue weighted by atomic mass is 35.5. The molecule has 4 nitrogen and oxygen atoms in total. The normalized spacial score (nSPS) is 17.0. The smallest absolute Gasteiger partial charge is 0.261 e. The molecule has 0 saturated heterocycles. The van der Waals surface area contributed by atoms with E-state index in [0.717, 1.165) is 23.2 Å². The summed E-state index contributed by atoms with van der Waals surface area (Å²) >= 11 is 6.04. The van der Waals surface area contributed by atoms with Crippen LogP contribution in [0.25, 0.3) is 0 Å². The maximum Gasteiger partial charge on any atom is 0.261 e. The predicted octanol–water partition coefficient (Wildman–Crippen LogP) is 3.81. The van der Waals surface area contributed by atoms with E-state index >= 15 is 0 Å². The summed E-state index contributed by atoms with van der Waals surface area (Å²) in [6, 6.07) is 10.6. The summed E-state index contributed by atoms with van der Waals surface area (Å²) in [4.78, 5) is 0.263. The third kappa shape index (κ3) is 2.91.